The monoisotopic (exact) mass is 209 g/mol. The smallest absolute Gasteiger partial charge is 0.0978 e. The first kappa shape index (κ1) is 12.5. The van der Waals surface area contributed by atoms with Gasteiger partial charge >= 0.3 is 0 Å². The van der Waals surface area contributed by atoms with Gasteiger partial charge in [0, 0.05) is 26.2 Å². The zero-order valence-corrected chi connectivity index (χ0v) is 9.84. The van der Waals surface area contributed by atoms with E-state index in [9.17, 15) is 0 Å². The summed E-state index contributed by atoms with van der Waals surface area (Å²) in [5.41, 5.74) is 0. The molecule has 3 heteroatoms. The fraction of sp³-hybridized carbons (Fsp3) is 0.917. The van der Waals surface area contributed by atoms with Gasteiger partial charge < -0.3 is 5.32 Å². The van der Waals surface area contributed by atoms with E-state index in [-0.39, 0.29) is 6.04 Å². The molecule has 0 spiro atoms. The molecule has 0 saturated carbocycles. The molecule has 0 aliphatic carbocycles. The Hall–Kier alpha value is -0.590. The van der Waals surface area contributed by atoms with Crippen LogP contribution in [-0.4, -0.2) is 37.1 Å². The Morgan fingerprint density at radius 1 is 1.27 bits per heavy atom. The number of hydrogen-bond acceptors (Lipinski definition) is 3. The normalized spacial score (nSPS) is 19.7. The van der Waals surface area contributed by atoms with Gasteiger partial charge in [-0.05, 0) is 6.42 Å². The molecule has 1 aliphatic heterocycles. The molecule has 1 N–H and O–H groups in total. The molecule has 15 heavy (non-hydrogen) atoms. The lowest BCUT2D eigenvalue weighted by atomic mass is 10.1. The minimum absolute atomic E-state index is 0.156. The Balaban J connectivity index is 2.19. The van der Waals surface area contributed by atoms with Crippen molar-refractivity contribution in [3.63, 3.8) is 0 Å². The van der Waals surface area contributed by atoms with Gasteiger partial charge in [0.05, 0.1) is 12.1 Å². The minimum atomic E-state index is 0.156. The highest BCUT2D eigenvalue weighted by atomic mass is 15.2. The zero-order chi connectivity index (χ0) is 10.9. The lowest BCUT2D eigenvalue weighted by Gasteiger charge is -2.31. The van der Waals surface area contributed by atoms with E-state index in [0.29, 0.717) is 0 Å². The van der Waals surface area contributed by atoms with Gasteiger partial charge in [-0.1, -0.05) is 32.6 Å². The largest absolute Gasteiger partial charge is 0.314 e. The molecule has 0 amide bonds. The maximum absolute atomic E-state index is 9.12. The lowest BCUT2D eigenvalue weighted by molar-refractivity contribution is 0.196. The van der Waals surface area contributed by atoms with Gasteiger partial charge in [0.15, 0.2) is 0 Å². The average molecular weight is 209 g/mol. The van der Waals surface area contributed by atoms with Crippen molar-refractivity contribution in [1.82, 2.24) is 10.2 Å². The molecule has 0 aromatic heterocycles. The molecule has 1 atom stereocenters. The van der Waals surface area contributed by atoms with Gasteiger partial charge in [-0.15, -0.1) is 0 Å². The van der Waals surface area contributed by atoms with E-state index in [1.54, 1.807) is 0 Å². The number of unbranched alkanes of at least 4 members (excludes halogenated alkanes) is 3. The minimum Gasteiger partial charge on any atom is -0.314 e. The molecule has 0 radical (unpaired) electrons. The van der Waals surface area contributed by atoms with Gasteiger partial charge in [-0.3, -0.25) is 4.90 Å². The van der Waals surface area contributed by atoms with Crippen LogP contribution in [0.3, 0.4) is 0 Å². The third-order valence-electron chi connectivity index (χ3n) is 3.07. The second-order valence-electron chi connectivity index (χ2n) is 4.28. The number of piperazine rings is 1. The molecule has 1 fully saturated rings. The Kier molecular flexibility index (Phi) is 6.38. The molecule has 1 unspecified atom stereocenters. The van der Waals surface area contributed by atoms with E-state index in [2.05, 4.69) is 23.2 Å². The van der Waals surface area contributed by atoms with Gasteiger partial charge in [0.1, 0.15) is 0 Å². The predicted molar refractivity (Wildman–Crippen MR) is 62.6 cm³/mol. The number of nitrogens with zero attached hydrogens (tertiary/aromatic N) is 2. The maximum atomic E-state index is 9.12. The van der Waals surface area contributed by atoms with Crippen LogP contribution in [0, 0.1) is 11.3 Å². The number of hydrogen-bond donors (Lipinski definition) is 1. The second kappa shape index (κ2) is 7.67. The summed E-state index contributed by atoms with van der Waals surface area (Å²) >= 11 is 0. The van der Waals surface area contributed by atoms with E-state index in [1.165, 1.54) is 25.7 Å². The highest BCUT2D eigenvalue weighted by molar-refractivity contribution is 4.93. The van der Waals surface area contributed by atoms with Crippen LogP contribution < -0.4 is 5.32 Å². The first-order valence-electron chi connectivity index (χ1n) is 6.23. The molecule has 1 saturated heterocycles. The van der Waals surface area contributed by atoms with Crippen LogP contribution in [0.1, 0.15) is 39.0 Å². The number of rotatable bonds is 6. The molecule has 0 bridgehead atoms. The third kappa shape index (κ3) is 4.63. The Morgan fingerprint density at radius 2 is 2.00 bits per heavy atom. The summed E-state index contributed by atoms with van der Waals surface area (Å²) in [7, 11) is 0. The first-order valence-corrected chi connectivity index (χ1v) is 6.23. The van der Waals surface area contributed by atoms with Crippen LogP contribution in [0.15, 0.2) is 0 Å². The van der Waals surface area contributed by atoms with E-state index < -0.39 is 0 Å². The van der Waals surface area contributed by atoms with Gasteiger partial charge in [-0.2, -0.15) is 5.26 Å². The Bertz CT molecular complexity index is 192. The van der Waals surface area contributed by atoms with Crippen molar-refractivity contribution in [2.75, 3.05) is 26.2 Å². The lowest BCUT2D eigenvalue weighted by Crippen LogP contribution is -2.47. The highest BCUT2D eigenvalue weighted by Crippen LogP contribution is 2.11. The molecule has 3 nitrogen and oxygen atoms in total. The molecule has 1 aliphatic rings. The fourth-order valence-corrected chi connectivity index (χ4v) is 2.09. The average Bonchev–Trinajstić information content (AvgIpc) is 2.30. The fourth-order valence-electron chi connectivity index (χ4n) is 2.09. The first-order chi connectivity index (χ1) is 7.38. The molecule has 0 aromatic carbocycles. The Morgan fingerprint density at radius 3 is 2.60 bits per heavy atom. The van der Waals surface area contributed by atoms with E-state index in [4.69, 9.17) is 5.26 Å². The van der Waals surface area contributed by atoms with Crippen LogP contribution in [0.25, 0.3) is 0 Å². The summed E-state index contributed by atoms with van der Waals surface area (Å²) < 4.78 is 0. The maximum Gasteiger partial charge on any atom is 0.0978 e. The summed E-state index contributed by atoms with van der Waals surface area (Å²) in [6.07, 6.45) is 6.11. The van der Waals surface area contributed by atoms with Crippen LogP contribution in [0.2, 0.25) is 0 Å². The second-order valence-corrected chi connectivity index (χ2v) is 4.28. The molecular weight excluding hydrogens is 186 g/mol. The molecule has 0 aromatic rings. The number of nitriles is 1. The van der Waals surface area contributed by atoms with E-state index >= 15 is 0 Å². The molecule has 1 heterocycles. The van der Waals surface area contributed by atoms with Crippen molar-refractivity contribution in [3.8, 4) is 6.07 Å². The summed E-state index contributed by atoms with van der Waals surface area (Å²) in [4.78, 5) is 2.32. The Labute approximate surface area is 93.5 Å². The van der Waals surface area contributed by atoms with Crippen LogP contribution in [0.4, 0.5) is 0 Å². The predicted octanol–water partition coefficient (Wildman–Crippen LogP) is 1.75. The van der Waals surface area contributed by atoms with Crippen LogP contribution in [-0.2, 0) is 0 Å². The van der Waals surface area contributed by atoms with Crippen molar-refractivity contribution in [1.29, 1.82) is 5.26 Å². The zero-order valence-electron chi connectivity index (χ0n) is 9.84. The van der Waals surface area contributed by atoms with Crippen LogP contribution >= 0.6 is 0 Å². The van der Waals surface area contributed by atoms with Gasteiger partial charge in [0.2, 0.25) is 0 Å². The molecular formula is C12H23N3. The van der Waals surface area contributed by atoms with Crippen molar-refractivity contribution >= 4 is 0 Å². The quantitative estimate of drug-likeness (QED) is 0.677. The third-order valence-corrected chi connectivity index (χ3v) is 3.07. The highest BCUT2D eigenvalue weighted by Gasteiger charge is 2.18. The summed E-state index contributed by atoms with van der Waals surface area (Å²) in [5.74, 6) is 0. The van der Waals surface area contributed by atoms with Crippen molar-refractivity contribution in [2.45, 2.75) is 45.1 Å². The van der Waals surface area contributed by atoms with Gasteiger partial charge in [0.25, 0.3) is 0 Å². The van der Waals surface area contributed by atoms with Crippen molar-refractivity contribution in [2.24, 2.45) is 0 Å². The summed E-state index contributed by atoms with van der Waals surface area (Å²) in [5, 5.41) is 12.4. The van der Waals surface area contributed by atoms with E-state index in [1.807, 2.05) is 0 Å². The summed E-state index contributed by atoms with van der Waals surface area (Å²) in [6.45, 7) is 6.36. The standard InChI is InChI=1S/C12H23N3/c1-2-3-4-5-6-12(11-13)15-9-7-14-8-10-15/h12,14H,2-10H2,1H3. The number of nitrogens with one attached hydrogen (secondary N) is 1. The van der Waals surface area contributed by atoms with Gasteiger partial charge in [-0.25, -0.2) is 0 Å². The topological polar surface area (TPSA) is 39.1 Å². The summed E-state index contributed by atoms with van der Waals surface area (Å²) in [6, 6.07) is 2.60. The van der Waals surface area contributed by atoms with Crippen molar-refractivity contribution < 1.29 is 0 Å². The van der Waals surface area contributed by atoms with Crippen molar-refractivity contribution in [3.05, 3.63) is 0 Å². The SMILES string of the molecule is CCCCCCC(C#N)N1CCNCC1. The molecule has 1 rings (SSSR count). The van der Waals surface area contributed by atoms with Crippen LogP contribution in [0.5, 0.6) is 0 Å². The molecule has 86 valence electrons. The van der Waals surface area contributed by atoms with E-state index in [0.717, 1.165) is 32.6 Å².